The van der Waals surface area contributed by atoms with Crippen molar-refractivity contribution >= 4 is 35.6 Å². The second-order valence-electron chi connectivity index (χ2n) is 3.40. The maximum Gasteiger partial charge on any atom is 0.269 e. The fourth-order valence-electron chi connectivity index (χ4n) is 1.03. The van der Waals surface area contributed by atoms with Gasteiger partial charge in [-0.15, -0.1) is 0 Å². The first-order valence-electron chi connectivity index (χ1n) is 4.79. The van der Waals surface area contributed by atoms with Crippen LogP contribution in [0.25, 0.3) is 0 Å². The lowest BCUT2D eigenvalue weighted by atomic mass is 10.3. The summed E-state index contributed by atoms with van der Waals surface area (Å²) < 4.78 is 10.8. The first-order chi connectivity index (χ1) is 8.30. The van der Waals surface area contributed by atoms with E-state index in [1.807, 2.05) is 0 Å². The molecule has 0 spiro atoms. The molecule has 0 heterocycles. The lowest BCUT2D eigenvalue weighted by Gasteiger charge is -2.18. The number of hydrogen-bond donors (Lipinski definition) is 0. The van der Waals surface area contributed by atoms with Crippen LogP contribution in [0.4, 0.5) is 5.69 Å². The second-order valence-corrected chi connectivity index (χ2v) is 7.91. The Hall–Kier alpha value is -0.940. The molecule has 0 amide bonds. The molecule has 0 aliphatic carbocycles. The van der Waals surface area contributed by atoms with Crippen molar-refractivity contribution < 1.29 is 14.0 Å². The minimum Gasteiger partial charge on any atom is -0.444 e. The zero-order chi connectivity index (χ0) is 13.8. The Morgan fingerprint density at radius 2 is 2.11 bits per heavy atom. The van der Waals surface area contributed by atoms with Crippen LogP contribution in [-0.2, 0) is 16.3 Å². The Morgan fingerprint density at radius 3 is 2.56 bits per heavy atom. The molecule has 1 aromatic carbocycles. The number of nitrogens with zero attached hydrogens (tertiary/aromatic N) is 1. The fourth-order valence-corrected chi connectivity index (χ4v) is 2.53. The van der Waals surface area contributed by atoms with E-state index in [1.165, 1.54) is 24.3 Å². The van der Waals surface area contributed by atoms with Gasteiger partial charge in [-0.3, -0.25) is 10.1 Å². The monoisotopic (exact) mass is 307 g/mol. The molecule has 0 aliphatic rings. The van der Waals surface area contributed by atoms with Crippen LogP contribution in [0.5, 0.6) is 5.75 Å². The summed E-state index contributed by atoms with van der Waals surface area (Å²) in [5.74, 6) is 0.423. The molecule has 18 heavy (non-hydrogen) atoms. The molecule has 1 aromatic rings. The summed E-state index contributed by atoms with van der Waals surface area (Å²) in [5, 5.41) is 10.8. The van der Waals surface area contributed by atoms with Crippen molar-refractivity contribution in [2.75, 3.05) is 13.3 Å². The first kappa shape index (κ1) is 15.1. The largest absolute Gasteiger partial charge is 0.444 e. The summed E-state index contributed by atoms with van der Waals surface area (Å²) in [5.41, 5.74) is -0.0122. The van der Waals surface area contributed by atoms with E-state index in [2.05, 4.69) is 6.58 Å². The van der Waals surface area contributed by atoms with E-state index < -0.39 is 11.4 Å². The van der Waals surface area contributed by atoms with Gasteiger partial charge in [-0.2, -0.15) is 0 Å². The Balaban J connectivity index is 2.69. The molecule has 0 bridgehead atoms. The van der Waals surface area contributed by atoms with E-state index in [1.54, 1.807) is 6.66 Å². The van der Waals surface area contributed by atoms with E-state index in [-0.39, 0.29) is 12.3 Å². The van der Waals surface area contributed by atoms with E-state index >= 15 is 0 Å². The number of nitro groups is 1. The number of rotatable bonds is 6. The normalized spacial score (nSPS) is 13.7. The Kier molecular flexibility index (Phi) is 5.28. The Bertz CT molecular complexity index is 505. The van der Waals surface area contributed by atoms with Gasteiger partial charge in [-0.05, 0) is 23.9 Å². The average Bonchev–Trinajstić information content (AvgIpc) is 2.27. The SMILES string of the molecule is C=C(Cl)COP(C)(=S)Oc1ccc([N+](=O)[O-])cc1. The summed E-state index contributed by atoms with van der Waals surface area (Å²) in [6.07, 6.45) is 0. The van der Waals surface area contributed by atoms with E-state index in [0.29, 0.717) is 10.8 Å². The van der Waals surface area contributed by atoms with Gasteiger partial charge in [0.15, 0.2) is 0 Å². The number of nitro benzene ring substituents is 1. The Labute approximate surface area is 115 Å². The van der Waals surface area contributed by atoms with Gasteiger partial charge >= 0.3 is 0 Å². The molecular weight excluding hydrogens is 297 g/mol. The number of non-ortho nitro benzene ring substituents is 1. The van der Waals surface area contributed by atoms with Crippen LogP contribution in [0, 0.1) is 10.1 Å². The molecule has 98 valence electrons. The highest BCUT2D eigenvalue weighted by molar-refractivity contribution is 8.09. The summed E-state index contributed by atoms with van der Waals surface area (Å²) in [7, 11) is 0. The van der Waals surface area contributed by atoms with Crippen LogP contribution < -0.4 is 4.52 Å². The Morgan fingerprint density at radius 1 is 1.56 bits per heavy atom. The first-order valence-corrected chi connectivity index (χ1v) is 8.26. The molecule has 0 N–H and O–H groups in total. The third-order valence-electron chi connectivity index (χ3n) is 1.77. The standard InChI is InChI=1S/C10H11ClNO4PS/c1-8(11)7-15-17(2,18)16-10-5-3-9(4-6-10)12(13)14/h3-6H,1,7H2,2H3. The van der Waals surface area contributed by atoms with Crippen molar-refractivity contribution in [3.8, 4) is 5.75 Å². The fraction of sp³-hybridized carbons (Fsp3) is 0.200. The molecule has 1 rings (SSSR count). The van der Waals surface area contributed by atoms with Crippen LogP contribution in [0.2, 0.25) is 0 Å². The van der Waals surface area contributed by atoms with Crippen LogP contribution >= 0.6 is 18.1 Å². The second kappa shape index (κ2) is 6.29. The highest BCUT2D eigenvalue weighted by atomic mass is 35.5. The lowest BCUT2D eigenvalue weighted by Crippen LogP contribution is -1.98. The predicted molar refractivity (Wildman–Crippen MR) is 74.9 cm³/mol. The van der Waals surface area contributed by atoms with Gasteiger partial charge in [-0.25, -0.2) is 0 Å². The molecule has 0 aliphatic heterocycles. The van der Waals surface area contributed by atoms with E-state index in [9.17, 15) is 10.1 Å². The maximum atomic E-state index is 10.5. The number of hydrogen-bond acceptors (Lipinski definition) is 5. The van der Waals surface area contributed by atoms with Crippen LogP contribution in [0.15, 0.2) is 35.9 Å². The van der Waals surface area contributed by atoms with Gasteiger partial charge in [0.25, 0.3) is 5.69 Å². The molecule has 5 nitrogen and oxygen atoms in total. The zero-order valence-corrected chi connectivity index (χ0v) is 12.0. The van der Waals surface area contributed by atoms with Gasteiger partial charge in [0.2, 0.25) is 6.49 Å². The summed E-state index contributed by atoms with van der Waals surface area (Å²) in [6.45, 7) is 2.74. The third-order valence-corrected chi connectivity index (χ3v) is 3.56. The molecule has 0 radical (unpaired) electrons. The van der Waals surface area contributed by atoms with Gasteiger partial charge in [-0.1, -0.05) is 18.2 Å². The molecule has 8 heteroatoms. The summed E-state index contributed by atoms with van der Waals surface area (Å²) >= 11 is 10.7. The minimum atomic E-state index is -2.49. The van der Waals surface area contributed by atoms with Gasteiger partial charge in [0.1, 0.15) is 5.75 Å². The van der Waals surface area contributed by atoms with Crippen LogP contribution in [0.3, 0.4) is 0 Å². The molecule has 0 saturated carbocycles. The minimum absolute atomic E-state index is 0.0122. The highest BCUT2D eigenvalue weighted by Gasteiger charge is 2.14. The quantitative estimate of drug-likeness (QED) is 0.456. The van der Waals surface area contributed by atoms with E-state index in [0.717, 1.165) is 0 Å². The lowest BCUT2D eigenvalue weighted by molar-refractivity contribution is -0.384. The molecule has 0 fully saturated rings. The van der Waals surface area contributed by atoms with Gasteiger partial charge in [0, 0.05) is 23.8 Å². The van der Waals surface area contributed by atoms with E-state index in [4.69, 9.17) is 32.5 Å². The average molecular weight is 308 g/mol. The van der Waals surface area contributed by atoms with Crippen molar-refractivity contribution in [2.45, 2.75) is 0 Å². The van der Waals surface area contributed by atoms with Crippen molar-refractivity contribution in [3.05, 3.63) is 46.0 Å². The van der Waals surface area contributed by atoms with Gasteiger partial charge in [0.05, 0.1) is 11.5 Å². The topological polar surface area (TPSA) is 61.6 Å². The third kappa shape index (κ3) is 5.14. The van der Waals surface area contributed by atoms with Crippen LogP contribution in [0.1, 0.15) is 0 Å². The summed E-state index contributed by atoms with van der Waals surface area (Å²) in [6, 6.07) is 5.62. The van der Waals surface area contributed by atoms with Crippen LogP contribution in [-0.4, -0.2) is 18.2 Å². The summed E-state index contributed by atoms with van der Waals surface area (Å²) in [4.78, 5) is 9.99. The number of halogens is 1. The molecule has 1 atom stereocenters. The highest BCUT2D eigenvalue weighted by Crippen LogP contribution is 2.45. The molecule has 1 unspecified atom stereocenters. The molecule has 0 saturated heterocycles. The van der Waals surface area contributed by atoms with Crippen molar-refractivity contribution in [2.24, 2.45) is 0 Å². The molecular formula is C10H11ClNO4PS. The van der Waals surface area contributed by atoms with Crippen molar-refractivity contribution in [3.63, 3.8) is 0 Å². The van der Waals surface area contributed by atoms with Gasteiger partial charge < -0.3 is 9.05 Å². The van der Waals surface area contributed by atoms with Crippen molar-refractivity contribution in [1.29, 1.82) is 0 Å². The zero-order valence-electron chi connectivity index (χ0n) is 9.54. The smallest absolute Gasteiger partial charge is 0.269 e. The van der Waals surface area contributed by atoms with Crippen molar-refractivity contribution in [1.82, 2.24) is 0 Å². The number of benzene rings is 1. The molecule has 0 aromatic heterocycles. The maximum absolute atomic E-state index is 10.5. The predicted octanol–water partition coefficient (Wildman–Crippen LogP) is 3.68.